The Balaban J connectivity index is 2.97. The second-order valence-corrected chi connectivity index (χ2v) is 3.39. The van der Waals surface area contributed by atoms with Gasteiger partial charge in [0.15, 0.2) is 0 Å². The van der Waals surface area contributed by atoms with E-state index in [2.05, 4.69) is 31.8 Å². The van der Waals surface area contributed by atoms with E-state index in [0.717, 1.165) is 5.69 Å². The lowest BCUT2D eigenvalue weighted by molar-refractivity contribution is 0.569. The van der Waals surface area contributed by atoms with Crippen molar-refractivity contribution in [3.8, 4) is 0 Å². The zero-order valence-corrected chi connectivity index (χ0v) is 6.68. The van der Waals surface area contributed by atoms with Crippen LogP contribution < -0.4 is 0 Å². The maximum atomic E-state index is 4.19. The predicted molar refractivity (Wildman–Crippen MR) is 41.8 cm³/mol. The summed E-state index contributed by atoms with van der Waals surface area (Å²) in [5.41, 5.74) is 1.28. The number of nitrogens with zero attached hydrogens (tertiary/aromatic N) is 1. The van der Waals surface area contributed by atoms with Gasteiger partial charge in [0, 0.05) is 23.4 Å². The number of aromatic nitrogens is 1. The number of rotatable bonds is 0. The second kappa shape index (κ2) is 2.41. The standard InChI is InChI=1S/C9H12N/c1-9(2,3)8-6-4-5-7-10-8/h4,6-7H,1-3H3. The fraction of sp³-hybridized carbons (Fsp3) is 0.444. The van der Waals surface area contributed by atoms with Crippen molar-refractivity contribution in [2.45, 2.75) is 26.2 Å². The molecule has 0 aromatic carbocycles. The van der Waals surface area contributed by atoms with E-state index >= 15 is 0 Å². The predicted octanol–water partition coefficient (Wildman–Crippen LogP) is 2.18. The van der Waals surface area contributed by atoms with Crippen molar-refractivity contribution in [3.63, 3.8) is 0 Å². The van der Waals surface area contributed by atoms with E-state index in [9.17, 15) is 0 Å². The van der Waals surface area contributed by atoms with Crippen LogP contribution in [-0.4, -0.2) is 4.98 Å². The zero-order valence-electron chi connectivity index (χ0n) is 6.68. The molecule has 0 saturated carbocycles. The van der Waals surface area contributed by atoms with Gasteiger partial charge in [0.25, 0.3) is 0 Å². The molecule has 1 aromatic heterocycles. The van der Waals surface area contributed by atoms with Gasteiger partial charge in [-0.15, -0.1) is 0 Å². The minimum absolute atomic E-state index is 0.162. The first kappa shape index (κ1) is 7.26. The molecule has 0 atom stereocenters. The van der Waals surface area contributed by atoms with Gasteiger partial charge in [-0.1, -0.05) is 26.8 Å². The van der Waals surface area contributed by atoms with E-state index < -0.39 is 0 Å². The van der Waals surface area contributed by atoms with E-state index in [0.29, 0.717) is 0 Å². The minimum Gasteiger partial charge on any atom is -0.260 e. The van der Waals surface area contributed by atoms with Crippen molar-refractivity contribution in [1.82, 2.24) is 4.98 Å². The highest BCUT2D eigenvalue weighted by Crippen LogP contribution is 2.18. The van der Waals surface area contributed by atoms with Crippen LogP contribution >= 0.6 is 0 Å². The lowest BCUT2D eigenvalue weighted by Crippen LogP contribution is -2.12. The summed E-state index contributed by atoms with van der Waals surface area (Å²) in [5.74, 6) is 0. The van der Waals surface area contributed by atoms with Crippen molar-refractivity contribution in [2.75, 3.05) is 0 Å². The summed E-state index contributed by atoms with van der Waals surface area (Å²) in [4.78, 5) is 4.19. The van der Waals surface area contributed by atoms with Crippen molar-refractivity contribution >= 4 is 0 Å². The van der Waals surface area contributed by atoms with Gasteiger partial charge in [0.1, 0.15) is 0 Å². The molecular weight excluding hydrogens is 122 g/mol. The molecule has 1 rings (SSSR count). The summed E-state index contributed by atoms with van der Waals surface area (Å²) < 4.78 is 0. The van der Waals surface area contributed by atoms with Gasteiger partial charge in [-0.05, 0) is 6.07 Å². The van der Waals surface area contributed by atoms with Crippen molar-refractivity contribution in [3.05, 3.63) is 30.1 Å². The van der Waals surface area contributed by atoms with Gasteiger partial charge in [0.05, 0.1) is 0 Å². The van der Waals surface area contributed by atoms with Gasteiger partial charge >= 0.3 is 0 Å². The molecule has 1 heteroatoms. The van der Waals surface area contributed by atoms with Crippen LogP contribution in [0.25, 0.3) is 0 Å². The maximum absolute atomic E-state index is 4.19. The third kappa shape index (κ3) is 1.56. The Morgan fingerprint density at radius 2 is 2.10 bits per heavy atom. The highest BCUT2D eigenvalue weighted by molar-refractivity contribution is 5.11. The molecule has 0 aliphatic carbocycles. The van der Waals surface area contributed by atoms with Crippen LogP contribution in [-0.2, 0) is 5.41 Å². The van der Waals surface area contributed by atoms with Crippen LogP contribution in [0.1, 0.15) is 26.5 Å². The van der Waals surface area contributed by atoms with Crippen LogP contribution in [0.15, 0.2) is 18.3 Å². The fourth-order valence-corrected chi connectivity index (χ4v) is 0.764. The first-order valence-electron chi connectivity index (χ1n) is 3.43. The zero-order chi connectivity index (χ0) is 7.61. The van der Waals surface area contributed by atoms with Crippen LogP contribution in [0.2, 0.25) is 0 Å². The Hall–Kier alpha value is -0.850. The third-order valence-electron chi connectivity index (χ3n) is 1.38. The van der Waals surface area contributed by atoms with E-state index in [1.165, 1.54) is 0 Å². The lowest BCUT2D eigenvalue weighted by Gasteiger charge is -2.16. The summed E-state index contributed by atoms with van der Waals surface area (Å²) in [6, 6.07) is 6.79. The van der Waals surface area contributed by atoms with Crippen molar-refractivity contribution < 1.29 is 0 Å². The molecule has 1 radical (unpaired) electrons. The first-order valence-corrected chi connectivity index (χ1v) is 3.43. The SMILES string of the molecule is CC(C)(C)c1cc[c]cn1. The summed E-state index contributed by atoms with van der Waals surface area (Å²) in [6.45, 7) is 6.44. The molecule has 0 aliphatic heterocycles. The molecular formula is C9H12N. The molecule has 0 fully saturated rings. The Kier molecular flexibility index (Phi) is 1.75. The van der Waals surface area contributed by atoms with Gasteiger partial charge < -0.3 is 0 Å². The molecule has 0 unspecified atom stereocenters. The highest BCUT2D eigenvalue weighted by atomic mass is 14.7. The molecule has 0 N–H and O–H groups in total. The van der Waals surface area contributed by atoms with E-state index in [1.54, 1.807) is 6.20 Å². The molecule has 10 heavy (non-hydrogen) atoms. The third-order valence-corrected chi connectivity index (χ3v) is 1.38. The average molecular weight is 134 g/mol. The number of hydrogen-bond donors (Lipinski definition) is 0. The van der Waals surface area contributed by atoms with Crippen LogP contribution in [0.5, 0.6) is 0 Å². The van der Waals surface area contributed by atoms with Crippen molar-refractivity contribution in [2.24, 2.45) is 0 Å². The molecule has 0 spiro atoms. The van der Waals surface area contributed by atoms with E-state index in [4.69, 9.17) is 0 Å². The molecule has 0 amide bonds. The molecule has 1 aromatic rings. The number of hydrogen-bond acceptors (Lipinski definition) is 1. The first-order chi connectivity index (χ1) is 4.61. The Morgan fingerprint density at radius 3 is 2.40 bits per heavy atom. The van der Waals surface area contributed by atoms with Crippen LogP contribution in [0.3, 0.4) is 0 Å². The second-order valence-electron chi connectivity index (χ2n) is 3.39. The largest absolute Gasteiger partial charge is 0.260 e. The van der Waals surface area contributed by atoms with Gasteiger partial charge in [-0.2, -0.15) is 0 Å². The molecule has 1 nitrogen and oxygen atoms in total. The van der Waals surface area contributed by atoms with Gasteiger partial charge in [-0.3, -0.25) is 4.98 Å². The van der Waals surface area contributed by atoms with Crippen molar-refractivity contribution in [1.29, 1.82) is 0 Å². The summed E-state index contributed by atoms with van der Waals surface area (Å²) in [6.07, 6.45) is 1.71. The van der Waals surface area contributed by atoms with E-state index in [1.807, 2.05) is 12.1 Å². The fourth-order valence-electron chi connectivity index (χ4n) is 0.764. The molecule has 53 valence electrons. The summed E-state index contributed by atoms with van der Waals surface area (Å²) >= 11 is 0. The van der Waals surface area contributed by atoms with Gasteiger partial charge in [-0.25, -0.2) is 0 Å². The maximum Gasteiger partial charge on any atom is 0.0457 e. The Labute approximate surface area is 62.1 Å². The number of pyridine rings is 1. The monoisotopic (exact) mass is 134 g/mol. The average Bonchev–Trinajstić information content (AvgIpc) is 1.88. The van der Waals surface area contributed by atoms with Crippen LogP contribution in [0.4, 0.5) is 0 Å². The highest BCUT2D eigenvalue weighted by Gasteiger charge is 2.13. The van der Waals surface area contributed by atoms with Crippen LogP contribution in [0, 0.1) is 6.07 Å². The summed E-state index contributed by atoms with van der Waals surface area (Å²) in [7, 11) is 0. The Bertz CT molecular complexity index is 196. The van der Waals surface area contributed by atoms with E-state index in [-0.39, 0.29) is 5.41 Å². The normalized spacial score (nSPS) is 11.5. The molecule has 1 heterocycles. The smallest absolute Gasteiger partial charge is 0.0457 e. The topological polar surface area (TPSA) is 12.9 Å². The molecule has 0 saturated heterocycles. The molecule has 0 aliphatic rings. The Morgan fingerprint density at radius 1 is 1.40 bits per heavy atom. The minimum atomic E-state index is 0.162. The van der Waals surface area contributed by atoms with Gasteiger partial charge in [0.2, 0.25) is 0 Å². The molecule has 0 bridgehead atoms. The lowest BCUT2D eigenvalue weighted by atomic mass is 9.92. The quantitative estimate of drug-likeness (QED) is 0.530. The summed E-state index contributed by atoms with van der Waals surface area (Å²) in [5, 5.41) is 0.